The van der Waals surface area contributed by atoms with Crippen LogP contribution in [-0.2, 0) is 24.4 Å². The van der Waals surface area contributed by atoms with Gasteiger partial charge in [-0.1, -0.05) is 12.1 Å². The van der Waals surface area contributed by atoms with Crippen LogP contribution in [0.5, 0.6) is 11.5 Å². The number of H-pyrrole nitrogens is 1. The van der Waals surface area contributed by atoms with Crippen molar-refractivity contribution >= 4 is 10.9 Å². The van der Waals surface area contributed by atoms with Crippen LogP contribution < -0.4 is 15.0 Å². The number of benzene rings is 2. The van der Waals surface area contributed by atoms with Crippen LogP contribution in [0.25, 0.3) is 10.9 Å². The Morgan fingerprint density at radius 3 is 2.73 bits per heavy atom. The summed E-state index contributed by atoms with van der Waals surface area (Å²) in [6.45, 7) is 4.14. The van der Waals surface area contributed by atoms with E-state index >= 15 is 0 Å². The van der Waals surface area contributed by atoms with Crippen molar-refractivity contribution in [2.75, 3.05) is 27.4 Å². The minimum Gasteiger partial charge on any atom is -0.497 e. The molecule has 208 valence electrons. The molecule has 0 aliphatic heterocycles. The molecule has 0 fully saturated rings. The number of fused-ring (bicyclic) bond motifs is 1. The van der Waals surface area contributed by atoms with Crippen molar-refractivity contribution in [1.29, 1.82) is 0 Å². The molecule has 0 unspecified atom stereocenters. The summed E-state index contributed by atoms with van der Waals surface area (Å²) in [4.78, 5) is 18.9. The molecule has 0 radical (unpaired) electrons. The average Bonchev–Trinajstić information content (AvgIpc) is 3.65. The molecule has 3 aromatic heterocycles. The van der Waals surface area contributed by atoms with Crippen LogP contribution in [0.2, 0.25) is 0 Å². The first-order valence-corrected chi connectivity index (χ1v) is 13.0. The maximum absolute atomic E-state index is 13.7. The molecule has 40 heavy (non-hydrogen) atoms. The number of nitrogens with one attached hydrogen (secondary N) is 1. The van der Waals surface area contributed by atoms with E-state index in [0.29, 0.717) is 49.8 Å². The summed E-state index contributed by atoms with van der Waals surface area (Å²) in [5.41, 5.74) is 1.95. The van der Waals surface area contributed by atoms with Gasteiger partial charge in [0.2, 0.25) is 0 Å². The highest BCUT2D eigenvalue weighted by Gasteiger charge is 2.31. The standard InChI is InChI=1S/C29H32N6O5/c1-4-39-23-10-11-26-21(16-23)17-25(29(36)30-26)27(28-31-32-33-35(28)12-14-37-2)34(19-24-9-6-13-40-24)18-20-7-5-8-22(15-20)38-3/h5-11,13,15-17,27H,4,12,14,18-19H2,1-3H3,(H,30,36)/t27-/m1/s1. The monoisotopic (exact) mass is 544 g/mol. The topological polar surface area (TPSA) is 121 Å². The van der Waals surface area contributed by atoms with Gasteiger partial charge in [-0.3, -0.25) is 9.69 Å². The average molecular weight is 545 g/mol. The summed E-state index contributed by atoms with van der Waals surface area (Å²) in [5.74, 6) is 2.71. The van der Waals surface area contributed by atoms with Gasteiger partial charge < -0.3 is 23.6 Å². The van der Waals surface area contributed by atoms with Crippen molar-refractivity contribution in [3.8, 4) is 11.5 Å². The van der Waals surface area contributed by atoms with Gasteiger partial charge in [0, 0.05) is 30.1 Å². The van der Waals surface area contributed by atoms with E-state index in [2.05, 4.69) is 25.4 Å². The molecule has 0 bridgehead atoms. The van der Waals surface area contributed by atoms with E-state index in [4.69, 9.17) is 18.6 Å². The predicted octanol–water partition coefficient (Wildman–Crippen LogP) is 3.95. The second-order valence-corrected chi connectivity index (χ2v) is 9.23. The van der Waals surface area contributed by atoms with Crippen LogP contribution in [-0.4, -0.2) is 57.5 Å². The number of aromatic amines is 1. The van der Waals surface area contributed by atoms with Gasteiger partial charge in [-0.05, 0) is 71.4 Å². The number of ether oxygens (including phenoxy) is 3. The van der Waals surface area contributed by atoms with E-state index in [-0.39, 0.29) is 5.56 Å². The van der Waals surface area contributed by atoms with Gasteiger partial charge >= 0.3 is 0 Å². The summed E-state index contributed by atoms with van der Waals surface area (Å²) in [5, 5.41) is 13.4. The Balaban J connectivity index is 1.68. The molecule has 1 N–H and O–H groups in total. The minimum atomic E-state index is -0.632. The molecule has 1 atom stereocenters. The van der Waals surface area contributed by atoms with E-state index < -0.39 is 6.04 Å². The second-order valence-electron chi connectivity index (χ2n) is 9.23. The highest BCUT2D eigenvalue weighted by molar-refractivity contribution is 5.80. The summed E-state index contributed by atoms with van der Waals surface area (Å²) in [7, 11) is 3.26. The number of tetrazole rings is 1. The molecule has 5 aromatic rings. The lowest BCUT2D eigenvalue weighted by molar-refractivity contribution is 0.163. The first-order valence-electron chi connectivity index (χ1n) is 13.0. The number of hydrogen-bond donors (Lipinski definition) is 1. The quantitative estimate of drug-likeness (QED) is 0.235. The molecule has 0 aliphatic carbocycles. The van der Waals surface area contributed by atoms with Crippen molar-refractivity contribution in [2.24, 2.45) is 0 Å². The van der Waals surface area contributed by atoms with Gasteiger partial charge in [-0.15, -0.1) is 5.10 Å². The van der Waals surface area contributed by atoms with Crippen molar-refractivity contribution in [3.63, 3.8) is 0 Å². The largest absolute Gasteiger partial charge is 0.497 e. The zero-order chi connectivity index (χ0) is 27.9. The normalized spacial score (nSPS) is 12.2. The number of pyridine rings is 1. The van der Waals surface area contributed by atoms with Crippen molar-refractivity contribution in [3.05, 3.63) is 100.0 Å². The van der Waals surface area contributed by atoms with Gasteiger partial charge in [0.05, 0.1) is 39.7 Å². The Morgan fingerprint density at radius 2 is 1.95 bits per heavy atom. The third-order valence-corrected chi connectivity index (χ3v) is 6.59. The van der Waals surface area contributed by atoms with Crippen LogP contribution in [0.3, 0.4) is 0 Å². The fourth-order valence-corrected chi connectivity index (χ4v) is 4.75. The fraction of sp³-hybridized carbons (Fsp3) is 0.310. The van der Waals surface area contributed by atoms with Crippen molar-refractivity contribution in [1.82, 2.24) is 30.1 Å². The van der Waals surface area contributed by atoms with Gasteiger partial charge in [-0.25, -0.2) is 4.68 Å². The van der Waals surface area contributed by atoms with Crippen molar-refractivity contribution in [2.45, 2.75) is 32.6 Å². The third-order valence-electron chi connectivity index (χ3n) is 6.59. The van der Waals surface area contributed by atoms with Crippen LogP contribution in [0, 0.1) is 0 Å². The summed E-state index contributed by atoms with van der Waals surface area (Å²) in [6.07, 6.45) is 1.63. The molecule has 2 aromatic carbocycles. The van der Waals surface area contributed by atoms with E-state index in [1.54, 1.807) is 25.2 Å². The van der Waals surface area contributed by atoms with Gasteiger partial charge in [0.25, 0.3) is 5.56 Å². The van der Waals surface area contributed by atoms with Gasteiger partial charge in [0.1, 0.15) is 23.3 Å². The number of methoxy groups -OCH3 is 2. The predicted molar refractivity (Wildman–Crippen MR) is 148 cm³/mol. The third kappa shape index (κ3) is 6.05. The Hall–Kier alpha value is -4.48. The fourth-order valence-electron chi connectivity index (χ4n) is 4.75. The molecule has 3 heterocycles. The van der Waals surface area contributed by atoms with Gasteiger partial charge in [-0.2, -0.15) is 0 Å². The molecule has 5 rings (SSSR count). The first kappa shape index (κ1) is 27.1. The highest BCUT2D eigenvalue weighted by atomic mass is 16.5. The first-order chi connectivity index (χ1) is 19.6. The molecular formula is C29H32N6O5. The van der Waals surface area contributed by atoms with E-state index in [1.807, 2.05) is 67.6 Å². The Bertz CT molecular complexity index is 1600. The zero-order valence-corrected chi connectivity index (χ0v) is 22.7. The Morgan fingerprint density at radius 1 is 1.05 bits per heavy atom. The van der Waals surface area contributed by atoms with E-state index in [0.717, 1.165) is 28.2 Å². The van der Waals surface area contributed by atoms with Gasteiger partial charge in [0.15, 0.2) is 5.82 Å². The van der Waals surface area contributed by atoms with Crippen molar-refractivity contribution < 1.29 is 18.6 Å². The van der Waals surface area contributed by atoms with Crippen LogP contribution >= 0.6 is 0 Å². The Labute approximate surface area is 231 Å². The lowest BCUT2D eigenvalue weighted by Gasteiger charge is -2.30. The molecule has 0 amide bonds. The van der Waals surface area contributed by atoms with Crippen LogP contribution in [0.1, 0.15) is 35.7 Å². The maximum atomic E-state index is 13.7. The smallest absolute Gasteiger partial charge is 0.253 e. The molecule has 11 heteroatoms. The SMILES string of the molecule is CCOc1ccc2[nH]c(=O)c([C@H](c3nnnn3CCOC)N(Cc3cccc(OC)c3)Cc3ccco3)cc2c1. The number of aromatic nitrogens is 5. The summed E-state index contributed by atoms with van der Waals surface area (Å²) < 4.78 is 23.9. The highest BCUT2D eigenvalue weighted by Crippen LogP contribution is 2.31. The zero-order valence-electron chi connectivity index (χ0n) is 22.7. The van der Waals surface area contributed by atoms with Crippen LogP contribution in [0.15, 0.2) is 76.1 Å². The maximum Gasteiger partial charge on any atom is 0.253 e. The molecule has 0 spiro atoms. The molecular weight excluding hydrogens is 512 g/mol. The molecule has 11 nitrogen and oxygen atoms in total. The molecule has 0 saturated carbocycles. The van der Waals surface area contributed by atoms with Crippen LogP contribution in [0.4, 0.5) is 0 Å². The number of nitrogens with zero attached hydrogens (tertiary/aromatic N) is 5. The minimum absolute atomic E-state index is 0.238. The van der Waals surface area contributed by atoms with E-state index in [1.165, 1.54) is 0 Å². The number of furan rings is 1. The second kappa shape index (κ2) is 12.6. The lowest BCUT2D eigenvalue weighted by atomic mass is 10.0. The summed E-state index contributed by atoms with van der Waals surface area (Å²) >= 11 is 0. The van der Waals surface area contributed by atoms with E-state index in [9.17, 15) is 4.79 Å². The molecule has 0 aliphatic rings. The number of hydrogen-bond acceptors (Lipinski definition) is 9. The summed E-state index contributed by atoms with van der Waals surface area (Å²) in [6, 6.07) is 18.4. The number of rotatable bonds is 13. The lowest BCUT2D eigenvalue weighted by Crippen LogP contribution is -2.35. The molecule has 0 saturated heterocycles. The Kier molecular flexibility index (Phi) is 8.53.